The summed E-state index contributed by atoms with van der Waals surface area (Å²) in [5, 5.41) is 0. The van der Waals surface area contributed by atoms with E-state index in [1.54, 1.807) is 14.2 Å². The minimum Gasteiger partial charge on any atom is -0.382 e. The molecule has 0 aromatic heterocycles. The van der Waals surface area contributed by atoms with E-state index in [9.17, 15) is 0 Å². The largest absolute Gasteiger partial charge is 0.382 e. The Morgan fingerprint density at radius 2 is 2.19 bits per heavy atom. The Hall–Kier alpha value is 0.190. The SMILES string of the molecule is COC[C@]12CC(CN)(OC)C1C(C)[C@H](S)O2. The molecule has 0 aromatic carbocycles. The zero-order chi connectivity index (χ0) is 12.0. The molecule has 4 nitrogen and oxygen atoms in total. The van der Waals surface area contributed by atoms with Crippen molar-refractivity contribution in [3.63, 3.8) is 0 Å². The first-order valence-electron chi connectivity index (χ1n) is 5.65. The first-order valence-corrected chi connectivity index (χ1v) is 6.17. The van der Waals surface area contributed by atoms with Gasteiger partial charge in [-0.1, -0.05) is 6.92 Å². The number of rotatable bonds is 4. The van der Waals surface area contributed by atoms with Crippen LogP contribution in [0.15, 0.2) is 0 Å². The van der Waals surface area contributed by atoms with Gasteiger partial charge >= 0.3 is 0 Å². The summed E-state index contributed by atoms with van der Waals surface area (Å²) in [6.45, 7) is 3.25. The number of fused-ring (bicyclic) bond motifs is 1. The van der Waals surface area contributed by atoms with Crippen molar-refractivity contribution in [2.75, 3.05) is 27.4 Å². The molecule has 1 heterocycles. The van der Waals surface area contributed by atoms with Gasteiger partial charge in [-0.25, -0.2) is 0 Å². The van der Waals surface area contributed by atoms with Gasteiger partial charge in [0.2, 0.25) is 0 Å². The molecule has 0 aromatic rings. The fourth-order valence-corrected chi connectivity index (χ4v) is 3.94. The van der Waals surface area contributed by atoms with Crippen LogP contribution in [0.3, 0.4) is 0 Å². The van der Waals surface area contributed by atoms with Crippen molar-refractivity contribution in [2.24, 2.45) is 17.6 Å². The number of thiol groups is 1. The van der Waals surface area contributed by atoms with Gasteiger partial charge in [-0.05, 0) is 5.92 Å². The second-order valence-corrected chi connectivity index (χ2v) is 5.50. The van der Waals surface area contributed by atoms with Crippen molar-refractivity contribution in [2.45, 2.75) is 30.0 Å². The fraction of sp³-hybridized carbons (Fsp3) is 1.00. The van der Waals surface area contributed by atoms with E-state index >= 15 is 0 Å². The number of nitrogens with two attached hydrogens (primary N) is 1. The standard InChI is InChI=1S/C11H21NO3S/c1-7-8-10(5-12,14-3)4-11(8,6-13-2)15-9(7)16/h7-9,16H,4-6,12H2,1-3H3/t7?,8?,9-,10?,11+/m0/s1. The molecule has 0 bridgehead atoms. The van der Waals surface area contributed by atoms with Gasteiger partial charge in [-0.15, -0.1) is 12.6 Å². The maximum absolute atomic E-state index is 5.96. The van der Waals surface area contributed by atoms with E-state index in [-0.39, 0.29) is 22.6 Å². The molecule has 1 saturated carbocycles. The van der Waals surface area contributed by atoms with Crippen LogP contribution in [0.1, 0.15) is 13.3 Å². The van der Waals surface area contributed by atoms with Gasteiger partial charge in [0.25, 0.3) is 0 Å². The van der Waals surface area contributed by atoms with Crippen molar-refractivity contribution in [3.8, 4) is 0 Å². The molecule has 1 aliphatic heterocycles. The molecule has 0 amide bonds. The Bertz CT molecular complexity index is 272. The topological polar surface area (TPSA) is 53.7 Å². The lowest BCUT2D eigenvalue weighted by molar-refractivity contribution is -0.245. The van der Waals surface area contributed by atoms with Gasteiger partial charge in [-0.2, -0.15) is 0 Å². The maximum atomic E-state index is 5.96. The highest BCUT2D eigenvalue weighted by atomic mass is 32.1. The summed E-state index contributed by atoms with van der Waals surface area (Å²) in [5.74, 6) is 0.605. The first-order chi connectivity index (χ1) is 7.55. The molecular weight excluding hydrogens is 226 g/mol. The average molecular weight is 247 g/mol. The summed E-state index contributed by atoms with van der Waals surface area (Å²) in [7, 11) is 3.42. The van der Waals surface area contributed by atoms with Crippen LogP contribution in [-0.4, -0.2) is 44.0 Å². The van der Waals surface area contributed by atoms with E-state index in [0.717, 1.165) is 6.42 Å². The predicted molar refractivity (Wildman–Crippen MR) is 64.5 cm³/mol. The van der Waals surface area contributed by atoms with Gasteiger partial charge < -0.3 is 19.9 Å². The van der Waals surface area contributed by atoms with Crippen molar-refractivity contribution in [3.05, 3.63) is 0 Å². The zero-order valence-electron chi connectivity index (χ0n) is 10.1. The van der Waals surface area contributed by atoms with Gasteiger partial charge in [-0.3, -0.25) is 0 Å². The molecule has 5 heteroatoms. The molecule has 0 radical (unpaired) electrons. The number of hydrogen-bond donors (Lipinski definition) is 2. The molecule has 2 aliphatic rings. The van der Waals surface area contributed by atoms with Gasteiger partial charge in [0, 0.05) is 33.1 Å². The number of hydrogen-bond acceptors (Lipinski definition) is 5. The summed E-state index contributed by atoms with van der Waals surface area (Å²) in [5.41, 5.74) is 5.30. The smallest absolute Gasteiger partial charge is 0.104 e. The highest BCUT2D eigenvalue weighted by Gasteiger charge is 2.71. The van der Waals surface area contributed by atoms with E-state index in [1.807, 2.05) is 0 Å². The third-order valence-electron chi connectivity index (χ3n) is 4.20. The molecule has 2 rings (SSSR count). The van der Waals surface area contributed by atoms with Crippen LogP contribution < -0.4 is 5.73 Å². The van der Waals surface area contributed by atoms with Crippen LogP contribution in [0.4, 0.5) is 0 Å². The lowest BCUT2D eigenvalue weighted by Gasteiger charge is -2.58. The Balaban J connectivity index is 2.24. The minimum absolute atomic E-state index is 0.0521. The van der Waals surface area contributed by atoms with Gasteiger partial charge in [0.15, 0.2) is 0 Å². The highest BCUT2D eigenvalue weighted by Crippen LogP contribution is 2.61. The molecule has 1 aliphatic carbocycles. The molecule has 2 fully saturated rings. The Morgan fingerprint density at radius 1 is 1.50 bits per heavy atom. The summed E-state index contributed by atoms with van der Waals surface area (Å²) < 4.78 is 16.9. The minimum atomic E-state index is -0.255. The van der Waals surface area contributed by atoms with Crippen LogP contribution in [-0.2, 0) is 14.2 Å². The molecular formula is C11H21NO3S. The molecule has 1 saturated heterocycles. The van der Waals surface area contributed by atoms with Crippen LogP contribution in [0.5, 0.6) is 0 Å². The van der Waals surface area contributed by atoms with Crippen molar-refractivity contribution < 1.29 is 14.2 Å². The summed E-state index contributed by atoms with van der Waals surface area (Å²) in [6.07, 6.45) is 0.799. The first kappa shape index (κ1) is 12.6. The molecule has 3 unspecified atom stereocenters. The molecule has 5 atom stereocenters. The second kappa shape index (κ2) is 4.14. The van der Waals surface area contributed by atoms with Crippen molar-refractivity contribution in [1.82, 2.24) is 0 Å². The summed E-state index contributed by atoms with van der Waals surface area (Å²) in [4.78, 5) is 0. The molecule has 94 valence electrons. The maximum Gasteiger partial charge on any atom is 0.104 e. The number of ether oxygens (including phenoxy) is 3. The fourth-order valence-electron chi connectivity index (χ4n) is 3.56. The molecule has 16 heavy (non-hydrogen) atoms. The third-order valence-corrected chi connectivity index (χ3v) is 4.78. The van der Waals surface area contributed by atoms with Crippen LogP contribution in [0.25, 0.3) is 0 Å². The lowest BCUT2D eigenvalue weighted by Crippen LogP contribution is -2.70. The summed E-state index contributed by atoms with van der Waals surface area (Å²) >= 11 is 4.47. The number of methoxy groups -OCH3 is 2. The Labute approximate surface area is 102 Å². The summed E-state index contributed by atoms with van der Waals surface area (Å²) in [6, 6.07) is 0. The molecule has 0 spiro atoms. The highest BCUT2D eigenvalue weighted by molar-refractivity contribution is 7.80. The van der Waals surface area contributed by atoms with E-state index in [4.69, 9.17) is 19.9 Å². The van der Waals surface area contributed by atoms with E-state index < -0.39 is 0 Å². The quantitative estimate of drug-likeness (QED) is 0.717. The van der Waals surface area contributed by atoms with E-state index in [2.05, 4.69) is 19.6 Å². The molecule has 2 N–H and O–H groups in total. The van der Waals surface area contributed by atoms with Gasteiger partial charge in [0.05, 0.1) is 12.2 Å². The van der Waals surface area contributed by atoms with Crippen molar-refractivity contribution >= 4 is 12.6 Å². The third kappa shape index (κ3) is 1.46. The zero-order valence-corrected chi connectivity index (χ0v) is 11.0. The lowest BCUT2D eigenvalue weighted by atomic mass is 9.55. The normalized spacial score (nSPS) is 51.2. The van der Waals surface area contributed by atoms with E-state index in [0.29, 0.717) is 19.1 Å². The van der Waals surface area contributed by atoms with Crippen LogP contribution in [0.2, 0.25) is 0 Å². The van der Waals surface area contributed by atoms with Crippen molar-refractivity contribution in [1.29, 1.82) is 0 Å². The predicted octanol–water partition coefficient (Wildman–Crippen LogP) is 0.658. The monoisotopic (exact) mass is 247 g/mol. The average Bonchev–Trinajstić information content (AvgIpc) is 2.42. The Morgan fingerprint density at radius 3 is 2.69 bits per heavy atom. The van der Waals surface area contributed by atoms with Crippen LogP contribution >= 0.6 is 12.6 Å². The van der Waals surface area contributed by atoms with Crippen LogP contribution in [0, 0.1) is 11.8 Å². The Kier molecular flexibility index (Phi) is 3.27. The second-order valence-electron chi connectivity index (χ2n) is 4.99. The van der Waals surface area contributed by atoms with E-state index in [1.165, 1.54) is 0 Å². The van der Waals surface area contributed by atoms with Gasteiger partial charge in [0.1, 0.15) is 11.0 Å².